The Hall–Kier alpha value is -3.46. The van der Waals surface area contributed by atoms with Crippen LogP contribution in [0.15, 0.2) is 65.7 Å². The van der Waals surface area contributed by atoms with Crippen molar-refractivity contribution in [2.75, 3.05) is 16.2 Å². The summed E-state index contributed by atoms with van der Waals surface area (Å²) in [5.41, 5.74) is 0.181. The van der Waals surface area contributed by atoms with Gasteiger partial charge in [-0.3, -0.25) is 14.4 Å². The molecule has 1 aliphatic rings. The second-order valence-electron chi connectivity index (χ2n) is 6.66. The molecule has 7 nitrogen and oxygen atoms in total. The molecule has 154 valence electrons. The van der Waals surface area contributed by atoms with Crippen LogP contribution in [-0.2, 0) is 10.0 Å². The van der Waals surface area contributed by atoms with Gasteiger partial charge in [-0.25, -0.2) is 17.8 Å². The molecule has 9 heteroatoms. The Kier molecular flexibility index (Phi) is 5.13. The van der Waals surface area contributed by atoms with E-state index in [9.17, 15) is 17.6 Å². The highest BCUT2D eigenvalue weighted by atomic mass is 32.2. The van der Waals surface area contributed by atoms with Crippen LogP contribution in [0.3, 0.4) is 0 Å². The maximum absolute atomic E-state index is 13.4. The van der Waals surface area contributed by atoms with Crippen molar-refractivity contribution in [3.05, 3.63) is 72.2 Å². The maximum atomic E-state index is 13.4. The maximum Gasteiger partial charge on any atom is 0.263 e. The number of fused-ring (bicyclic) bond motifs is 2. The molecule has 0 radical (unpaired) electrons. The fraction of sp³-hybridized carbons (Fsp3) is 0.143. The van der Waals surface area contributed by atoms with E-state index in [0.29, 0.717) is 24.5 Å². The molecule has 1 aromatic heterocycles. The number of halogens is 1. The zero-order valence-corrected chi connectivity index (χ0v) is 16.8. The van der Waals surface area contributed by atoms with Crippen LogP contribution in [-0.4, -0.2) is 25.9 Å². The van der Waals surface area contributed by atoms with E-state index in [1.165, 1.54) is 41.3 Å². The molecule has 0 fully saturated rings. The Morgan fingerprint density at radius 2 is 1.93 bits per heavy atom. The summed E-state index contributed by atoms with van der Waals surface area (Å²) >= 11 is 0. The highest BCUT2D eigenvalue weighted by Gasteiger charge is 2.30. The summed E-state index contributed by atoms with van der Waals surface area (Å²) in [4.78, 5) is 18.8. The van der Waals surface area contributed by atoms with E-state index in [0.717, 1.165) is 6.07 Å². The number of sulfonamides is 1. The minimum Gasteiger partial charge on any atom is -0.453 e. The van der Waals surface area contributed by atoms with Gasteiger partial charge >= 0.3 is 0 Å². The predicted octanol–water partition coefficient (Wildman–Crippen LogP) is 4.18. The second-order valence-corrected chi connectivity index (χ2v) is 8.34. The Labute approximate surface area is 173 Å². The number of rotatable bonds is 5. The van der Waals surface area contributed by atoms with Crippen molar-refractivity contribution in [1.29, 1.82) is 0 Å². The lowest BCUT2D eigenvalue weighted by Crippen LogP contribution is -2.31. The van der Waals surface area contributed by atoms with Crippen molar-refractivity contribution in [2.45, 2.75) is 18.2 Å². The molecule has 1 aliphatic heterocycles. The van der Waals surface area contributed by atoms with Crippen LogP contribution in [0.4, 0.5) is 15.9 Å². The first-order valence-electron chi connectivity index (χ1n) is 9.26. The third-order valence-corrected chi connectivity index (χ3v) is 5.87. The summed E-state index contributed by atoms with van der Waals surface area (Å²) in [5.74, 6) is 0.0419. The standard InChI is InChI=1S/C21H18FN3O4S/c1-2-11-25-20-19(7-4-10-23-20)29-18-9-8-16(13-17(18)21(25)26)30(27,28)24-15-6-3-5-14(22)12-15/h3-10,12-13,24H,2,11H2,1H3. The van der Waals surface area contributed by atoms with Gasteiger partial charge in [0.2, 0.25) is 0 Å². The van der Waals surface area contributed by atoms with Crippen LogP contribution >= 0.6 is 0 Å². The minimum absolute atomic E-state index is 0.0803. The molecular formula is C21H18FN3O4S. The third-order valence-electron chi connectivity index (χ3n) is 4.49. The number of carbonyl (C=O) groups is 1. The van der Waals surface area contributed by atoms with Crippen LogP contribution in [0, 0.1) is 5.82 Å². The molecule has 0 atom stereocenters. The molecule has 2 heterocycles. The summed E-state index contributed by atoms with van der Waals surface area (Å²) in [5, 5.41) is 0. The molecular weight excluding hydrogens is 409 g/mol. The zero-order valence-electron chi connectivity index (χ0n) is 16.0. The molecule has 0 spiro atoms. The lowest BCUT2D eigenvalue weighted by Gasteiger charge is -2.20. The lowest BCUT2D eigenvalue weighted by atomic mass is 10.1. The average molecular weight is 427 g/mol. The SMILES string of the molecule is CCCN1C(=O)c2cc(S(=O)(=O)Nc3cccc(F)c3)ccc2Oc2cccnc21. The van der Waals surface area contributed by atoms with E-state index < -0.39 is 21.7 Å². The van der Waals surface area contributed by atoms with Gasteiger partial charge in [0.25, 0.3) is 15.9 Å². The first-order chi connectivity index (χ1) is 14.4. The van der Waals surface area contributed by atoms with Gasteiger partial charge in [0.05, 0.1) is 16.1 Å². The number of anilines is 2. The van der Waals surface area contributed by atoms with Gasteiger partial charge in [-0.2, -0.15) is 0 Å². The molecule has 0 unspecified atom stereocenters. The molecule has 30 heavy (non-hydrogen) atoms. The third kappa shape index (κ3) is 3.71. The van der Waals surface area contributed by atoms with Crippen molar-refractivity contribution < 1.29 is 22.3 Å². The topological polar surface area (TPSA) is 88.6 Å². The molecule has 1 N–H and O–H groups in total. The number of nitrogens with zero attached hydrogens (tertiary/aromatic N) is 2. The summed E-state index contributed by atoms with van der Waals surface area (Å²) in [6, 6.07) is 12.5. The van der Waals surface area contributed by atoms with Crippen molar-refractivity contribution in [2.24, 2.45) is 0 Å². The summed E-state index contributed by atoms with van der Waals surface area (Å²) in [6.07, 6.45) is 2.24. The average Bonchev–Trinajstić information content (AvgIpc) is 2.83. The number of amides is 1. The van der Waals surface area contributed by atoms with E-state index >= 15 is 0 Å². The molecule has 4 rings (SSSR count). The smallest absolute Gasteiger partial charge is 0.263 e. The normalized spacial score (nSPS) is 13.1. The first kappa shape index (κ1) is 19.8. The summed E-state index contributed by atoms with van der Waals surface area (Å²) in [6.45, 7) is 2.32. The highest BCUT2D eigenvalue weighted by Crippen LogP contribution is 2.38. The number of aromatic nitrogens is 1. The van der Waals surface area contributed by atoms with Crippen molar-refractivity contribution in [3.63, 3.8) is 0 Å². The number of pyridine rings is 1. The number of carbonyl (C=O) groups excluding carboxylic acids is 1. The van der Waals surface area contributed by atoms with E-state index in [1.54, 1.807) is 18.3 Å². The van der Waals surface area contributed by atoms with Gasteiger partial charge in [0.1, 0.15) is 11.6 Å². The molecule has 2 aromatic carbocycles. The summed E-state index contributed by atoms with van der Waals surface area (Å²) < 4.78 is 47.2. The van der Waals surface area contributed by atoms with Crippen LogP contribution in [0.25, 0.3) is 0 Å². The fourth-order valence-electron chi connectivity index (χ4n) is 3.15. The number of benzene rings is 2. The Morgan fingerprint density at radius 3 is 2.70 bits per heavy atom. The Morgan fingerprint density at radius 1 is 1.10 bits per heavy atom. The first-order valence-corrected chi connectivity index (χ1v) is 10.7. The number of nitrogens with one attached hydrogen (secondary N) is 1. The Balaban J connectivity index is 1.75. The number of hydrogen-bond donors (Lipinski definition) is 1. The van der Waals surface area contributed by atoms with E-state index in [4.69, 9.17) is 4.74 Å². The Bertz CT molecular complexity index is 1230. The van der Waals surface area contributed by atoms with E-state index in [1.807, 2.05) is 6.92 Å². The van der Waals surface area contributed by atoms with Gasteiger partial charge < -0.3 is 4.74 Å². The number of hydrogen-bond acceptors (Lipinski definition) is 5. The molecule has 0 saturated carbocycles. The second kappa shape index (κ2) is 7.75. The highest BCUT2D eigenvalue weighted by molar-refractivity contribution is 7.92. The van der Waals surface area contributed by atoms with Gasteiger partial charge in [-0.05, 0) is 55.0 Å². The largest absolute Gasteiger partial charge is 0.453 e. The van der Waals surface area contributed by atoms with Crippen molar-refractivity contribution in [1.82, 2.24) is 4.98 Å². The summed E-state index contributed by atoms with van der Waals surface area (Å²) in [7, 11) is -4.05. The van der Waals surface area contributed by atoms with Gasteiger partial charge in [0, 0.05) is 12.7 Å². The molecule has 0 bridgehead atoms. The lowest BCUT2D eigenvalue weighted by molar-refractivity contribution is 0.0986. The van der Waals surface area contributed by atoms with Crippen LogP contribution in [0.5, 0.6) is 11.5 Å². The fourth-order valence-corrected chi connectivity index (χ4v) is 4.23. The molecule has 0 aliphatic carbocycles. The zero-order chi connectivity index (χ0) is 21.3. The van der Waals surface area contributed by atoms with Crippen LogP contribution in [0.2, 0.25) is 0 Å². The van der Waals surface area contributed by atoms with E-state index in [2.05, 4.69) is 9.71 Å². The minimum atomic E-state index is -4.05. The molecule has 3 aromatic rings. The van der Waals surface area contributed by atoms with Gasteiger partial charge in [-0.15, -0.1) is 0 Å². The van der Waals surface area contributed by atoms with Gasteiger partial charge in [0.15, 0.2) is 11.6 Å². The monoisotopic (exact) mass is 427 g/mol. The van der Waals surface area contributed by atoms with Crippen LogP contribution < -0.4 is 14.4 Å². The number of ether oxygens (including phenoxy) is 1. The van der Waals surface area contributed by atoms with Crippen LogP contribution in [0.1, 0.15) is 23.7 Å². The van der Waals surface area contributed by atoms with Crippen molar-refractivity contribution >= 4 is 27.4 Å². The molecule has 1 amide bonds. The predicted molar refractivity (Wildman–Crippen MR) is 110 cm³/mol. The quantitative estimate of drug-likeness (QED) is 0.660. The van der Waals surface area contributed by atoms with Crippen molar-refractivity contribution in [3.8, 4) is 11.5 Å². The van der Waals surface area contributed by atoms with E-state index in [-0.39, 0.29) is 21.9 Å². The van der Waals surface area contributed by atoms with Gasteiger partial charge in [-0.1, -0.05) is 13.0 Å². The molecule has 0 saturated heterocycles.